The molecule has 1 aromatic carbocycles. The van der Waals surface area contributed by atoms with E-state index in [2.05, 4.69) is 10.6 Å². The molecule has 0 radical (unpaired) electrons. The molecule has 0 unspecified atom stereocenters. The number of nitrogens with one attached hydrogen (secondary N) is 2. The molecule has 9 heteroatoms. The van der Waals surface area contributed by atoms with Crippen LogP contribution >= 0.6 is 0 Å². The quantitative estimate of drug-likeness (QED) is 0.761. The Morgan fingerprint density at radius 1 is 0.900 bits per heavy atom. The van der Waals surface area contributed by atoms with Gasteiger partial charge in [0.1, 0.15) is 24.4 Å². The van der Waals surface area contributed by atoms with E-state index >= 15 is 0 Å². The lowest BCUT2D eigenvalue weighted by Gasteiger charge is -2.36. The molecule has 164 valence electrons. The fraction of sp³-hybridized carbons (Fsp3) is 0.619. The van der Waals surface area contributed by atoms with Gasteiger partial charge in [-0.25, -0.2) is 0 Å². The van der Waals surface area contributed by atoms with Gasteiger partial charge in [-0.05, 0) is 46.8 Å². The lowest BCUT2D eigenvalue weighted by atomic mass is 9.98. The first kappa shape index (κ1) is 21.2. The van der Waals surface area contributed by atoms with Crippen LogP contribution in [0.5, 0.6) is 0 Å². The molecule has 6 atom stereocenters. The normalized spacial score (nSPS) is 34.5. The van der Waals surface area contributed by atoms with Crippen LogP contribution in [-0.2, 0) is 33.3 Å². The molecule has 3 aliphatic heterocycles. The number of ether oxygens (including phenoxy) is 5. The molecular formula is C21H28N2O7. The standard InChI is InChI=1S/C21H28N2O7/c1-11(17(24)23-12-9-7-6-8-10-12)22-18(25)15-13-14(28-20(2,3)27-13)16-19(26-15)30-21(4,5)29-16/h6-11,13-16,19H,1-5H3,(H,22,25)(H,23,24)/t11-,13-,14-,15+,16+,19+/m0/s1. The molecule has 1 aromatic rings. The van der Waals surface area contributed by atoms with Gasteiger partial charge in [-0.3, -0.25) is 9.59 Å². The highest BCUT2D eigenvalue weighted by atomic mass is 16.9. The zero-order valence-electron chi connectivity index (χ0n) is 17.7. The number of fused-ring (bicyclic) bond motifs is 3. The van der Waals surface area contributed by atoms with Crippen molar-refractivity contribution in [2.45, 2.75) is 82.9 Å². The van der Waals surface area contributed by atoms with E-state index in [1.54, 1.807) is 46.8 Å². The van der Waals surface area contributed by atoms with Crippen molar-refractivity contribution in [1.29, 1.82) is 0 Å². The van der Waals surface area contributed by atoms with Crippen LogP contribution in [0.2, 0.25) is 0 Å². The predicted octanol–water partition coefficient (Wildman–Crippen LogP) is 1.53. The summed E-state index contributed by atoms with van der Waals surface area (Å²) in [6, 6.07) is 8.24. The van der Waals surface area contributed by atoms with Crippen molar-refractivity contribution >= 4 is 17.5 Å². The molecule has 0 aromatic heterocycles. The van der Waals surface area contributed by atoms with Gasteiger partial charge in [0.25, 0.3) is 5.91 Å². The van der Waals surface area contributed by atoms with Crippen LogP contribution in [-0.4, -0.2) is 60.1 Å². The first-order valence-corrected chi connectivity index (χ1v) is 10.1. The van der Waals surface area contributed by atoms with Crippen molar-refractivity contribution in [2.75, 3.05) is 5.32 Å². The predicted molar refractivity (Wildman–Crippen MR) is 105 cm³/mol. The fourth-order valence-electron chi connectivity index (χ4n) is 3.96. The van der Waals surface area contributed by atoms with Gasteiger partial charge in [-0.15, -0.1) is 0 Å². The van der Waals surface area contributed by atoms with E-state index in [4.69, 9.17) is 23.7 Å². The van der Waals surface area contributed by atoms with Crippen LogP contribution in [0.3, 0.4) is 0 Å². The second-order valence-electron chi connectivity index (χ2n) is 8.68. The van der Waals surface area contributed by atoms with Crippen molar-refractivity contribution in [2.24, 2.45) is 0 Å². The molecule has 3 heterocycles. The second kappa shape index (κ2) is 7.58. The zero-order valence-corrected chi connectivity index (χ0v) is 17.7. The van der Waals surface area contributed by atoms with Gasteiger partial charge in [0, 0.05) is 5.69 Å². The number of anilines is 1. The maximum Gasteiger partial charge on any atom is 0.252 e. The number of para-hydroxylation sites is 1. The summed E-state index contributed by atoms with van der Waals surface area (Å²) in [6.07, 6.45) is -3.53. The number of hydrogen-bond donors (Lipinski definition) is 2. The van der Waals surface area contributed by atoms with Crippen LogP contribution in [0, 0.1) is 0 Å². The first-order valence-electron chi connectivity index (χ1n) is 10.1. The molecule has 0 aliphatic carbocycles. The molecule has 30 heavy (non-hydrogen) atoms. The number of hydrogen-bond acceptors (Lipinski definition) is 7. The van der Waals surface area contributed by atoms with Crippen molar-refractivity contribution in [3.8, 4) is 0 Å². The minimum atomic E-state index is -1.01. The van der Waals surface area contributed by atoms with Gasteiger partial charge < -0.3 is 34.3 Å². The summed E-state index contributed by atoms with van der Waals surface area (Å²) in [6.45, 7) is 8.69. The Bertz CT molecular complexity index is 813. The molecule has 0 bridgehead atoms. The highest BCUT2D eigenvalue weighted by Gasteiger charge is 2.62. The third-order valence-corrected chi connectivity index (χ3v) is 5.21. The zero-order chi connectivity index (χ0) is 21.7. The molecule has 2 amide bonds. The first-order chi connectivity index (χ1) is 14.0. The van der Waals surface area contributed by atoms with Crippen LogP contribution < -0.4 is 10.6 Å². The largest absolute Gasteiger partial charge is 0.342 e. The third-order valence-electron chi connectivity index (χ3n) is 5.21. The van der Waals surface area contributed by atoms with E-state index < -0.39 is 54.2 Å². The Morgan fingerprint density at radius 3 is 2.20 bits per heavy atom. The lowest BCUT2D eigenvalue weighted by molar-refractivity contribution is -0.231. The topological polar surface area (TPSA) is 104 Å². The summed E-state index contributed by atoms with van der Waals surface area (Å²) >= 11 is 0. The van der Waals surface area contributed by atoms with Crippen LogP contribution in [0.25, 0.3) is 0 Å². The highest BCUT2D eigenvalue weighted by Crippen LogP contribution is 2.44. The van der Waals surface area contributed by atoms with E-state index in [9.17, 15) is 9.59 Å². The van der Waals surface area contributed by atoms with Gasteiger partial charge in [-0.1, -0.05) is 18.2 Å². The fourth-order valence-corrected chi connectivity index (χ4v) is 3.96. The highest BCUT2D eigenvalue weighted by molar-refractivity contribution is 5.97. The van der Waals surface area contributed by atoms with Crippen LogP contribution in [0.1, 0.15) is 34.6 Å². The van der Waals surface area contributed by atoms with Crippen molar-refractivity contribution in [3.63, 3.8) is 0 Å². The minimum absolute atomic E-state index is 0.342. The van der Waals surface area contributed by atoms with E-state index in [1.807, 2.05) is 18.2 Å². The Labute approximate surface area is 175 Å². The van der Waals surface area contributed by atoms with Crippen molar-refractivity contribution in [3.05, 3.63) is 30.3 Å². The molecule has 3 aliphatic rings. The van der Waals surface area contributed by atoms with Crippen LogP contribution in [0.15, 0.2) is 30.3 Å². The van der Waals surface area contributed by atoms with Gasteiger partial charge >= 0.3 is 0 Å². The average molecular weight is 420 g/mol. The SMILES string of the molecule is C[C@H](NC(=O)[C@@H]1O[C@@H]2OC(C)(C)O[C@@H]2[C@H]2OC(C)(C)O[C@@H]21)C(=O)Nc1ccccc1. The number of carbonyl (C=O) groups excluding carboxylic acids is 2. The number of rotatable bonds is 4. The summed E-state index contributed by atoms with van der Waals surface area (Å²) in [5, 5.41) is 5.46. The molecule has 2 N–H and O–H groups in total. The van der Waals surface area contributed by atoms with Crippen molar-refractivity contribution in [1.82, 2.24) is 5.32 Å². The molecule has 0 saturated carbocycles. The Morgan fingerprint density at radius 2 is 1.50 bits per heavy atom. The molecule has 4 rings (SSSR count). The van der Waals surface area contributed by atoms with Gasteiger partial charge in [-0.2, -0.15) is 0 Å². The Kier molecular flexibility index (Phi) is 5.36. The van der Waals surface area contributed by atoms with E-state index in [1.165, 1.54) is 0 Å². The van der Waals surface area contributed by atoms with Gasteiger partial charge in [0.15, 0.2) is 24.0 Å². The summed E-state index contributed by atoms with van der Waals surface area (Å²) in [7, 11) is 0. The maximum absolute atomic E-state index is 13.0. The lowest BCUT2D eigenvalue weighted by Crippen LogP contribution is -2.60. The summed E-state index contributed by atoms with van der Waals surface area (Å²) in [4.78, 5) is 25.5. The smallest absolute Gasteiger partial charge is 0.252 e. The number of carbonyl (C=O) groups is 2. The van der Waals surface area contributed by atoms with Gasteiger partial charge in [0.05, 0.1) is 0 Å². The average Bonchev–Trinajstić information content (AvgIpc) is 3.15. The monoisotopic (exact) mass is 420 g/mol. The van der Waals surface area contributed by atoms with Crippen molar-refractivity contribution < 1.29 is 33.3 Å². The minimum Gasteiger partial charge on any atom is -0.342 e. The maximum atomic E-state index is 13.0. The summed E-state index contributed by atoms with van der Waals surface area (Å²) in [5.74, 6) is -2.60. The van der Waals surface area contributed by atoms with E-state index in [0.717, 1.165) is 0 Å². The summed E-state index contributed by atoms with van der Waals surface area (Å²) in [5.41, 5.74) is 0.647. The van der Waals surface area contributed by atoms with E-state index in [-0.39, 0.29) is 5.91 Å². The Balaban J connectivity index is 1.45. The Hall–Kier alpha value is -2.04. The second-order valence-corrected chi connectivity index (χ2v) is 8.68. The molecule has 3 fully saturated rings. The molecule has 9 nitrogen and oxygen atoms in total. The van der Waals surface area contributed by atoms with Crippen LogP contribution in [0.4, 0.5) is 5.69 Å². The summed E-state index contributed by atoms with van der Waals surface area (Å²) < 4.78 is 29.6. The molecular weight excluding hydrogens is 392 g/mol. The third kappa shape index (κ3) is 4.21. The number of benzene rings is 1. The molecule has 3 saturated heterocycles. The number of amides is 2. The van der Waals surface area contributed by atoms with Gasteiger partial charge in [0.2, 0.25) is 5.91 Å². The van der Waals surface area contributed by atoms with E-state index in [0.29, 0.717) is 5.69 Å². The molecule has 0 spiro atoms.